The summed E-state index contributed by atoms with van der Waals surface area (Å²) >= 11 is 0. The van der Waals surface area contributed by atoms with Gasteiger partial charge in [-0.2, -0.15) is 4.57 Å². The summed E-state index contributed by atoms with van der Waals surface area (Å²) in [7, 11) is 0. The molecule has 1 aromatic rings. The van der Waals surface area contributed by atoms with Gasteiger partial charge in [0.1, 0.15) is 6.10 Å². The molecule has 0 amide bonds. The number of aromatic nitrogens is 1. The highest BCUT2D eigenvalue weighted by molar-refractivity contribution is 5.67. The second kappa shape index (κ2) is 5.30. The molecule has 0 aliphatic heterocycles. The number of hydrogen-bond donors (Lipinski definition) is 0. The molecule has 0 N–H and O–H groups in total. The lowest BCUT2D eigenvalue weighted by Gasteiger charge is -2.26. The Kier molecular flexibility index (Phi) is 4.27. The van der Waals surface area contributed by atoms with Crippen LogP contribution in [0.1, 0.15) is 33.3 Å². The number of esters is 1. The molecule has 1 atom stereocenters. The fourth-order valence-electron chi connectivity index (χ4n) is 1.31. The van der Waals surface area contributed by atoms with Gasteiger partial charge in [-0.3, -0.25) is 0 Å². The van der Waals surface area contributed by atoms with Crippen LogP contribution in [-0.2, 0) is 16.1 Å². The van der Waals surface area contributed by atoms with Crippen LogP contribution in [0.15, 0.2) is 24.5 Å². The van der Waals surface area contributed by atoms with Crippen molar-refractivity contribution in [1.82, 2.24) is 0 Å². The first-order chi connectivity index (χ1) is 7.79. The van der Waals surface area contributed by atoms with Gasteiger partial charge in [0, 0.05) is 11.6 Å². The van der Waals surface area contributed by atoms with Crippen molar-refractivity contribution in [2.45, 2.75) is 47.3 Å². The lowest BCUT2D eigenvalue weighted by molar-refractivity contribution is -0.686. The smallest absolute Gasteiger partial charge is 0.372 e. The third-order valence-corrected chi connectivity index (χ3v) is 2.85. The monoisotopic (exact) mass is 236 g/mol. The van der Waals surface area contributed by atoms with E-state index in [1.807, 2.05) is 42.9 Å². The van der Waals surface area contributed by atoms with E-state index in [9.17, 15) is 4.79 Å². The van der Waals surface area contributed by atoms with Crippen LogP contribution in [0.2, 0.25) is 0 Å². The molecule has 0 fully saturated rings. The van der Waals surface area contributed by atoms with Crippen molar-refractivity contribution in [1.29, 1.82) is 0 Å². The number of nitrogens with zero attached hydrogens (tertiary/aromatic N) is 1. The highest BCUT2D eigenvalue weighted by atomic mass is 16.5. The lowest BCUT2D eigenvalue weighted by Crippen LogP contribution is -2.40. The molecule has 3 nitrogen and oxygen atoms in total. The van der Waals surface area contributed by atoms with Crippen LogP contribution < -0.4 is 4.57 Å². The van der Waals surface area contributed by atoms with E-state index in [-0.39, 0.29) is 24.0 Å². The average Bonchev–Trinajstić information content (AvgIpc) is 2.15. The Bertz CT molecular complexity index is 393. The van der Waals surface area contributed by atoms with Gasteiger partial charge in [-0.05, 0) is 25.3 Å². The van der Waals surface area contributed by atoms with Gasteiger partial charge in [0.2, 0.25) is 6.54 Å². The topological polar surface area (TPSA) is 30.2 Å². The Hall–Kier alpha value is -1.38. The number of hydrogen-bond acceptors (Lipinski definition) is 2. The van der Waals surface area contributed by atoms with Crippen LogP contribution >= 0.6 is 0 Å². The maximum Gasteiger partial charge on any atom is 0.372 e. The van der Waals surface area contributed by atoms with Gasteiger partial charge in [-0.25, -0.2) is 4.79 Å². The summed E-state index contributed by atoms with van der Waals surface area (Å²) in [5, 5.41) is 0. The number of aryl methyl sites for hydroxylation is 1. The molecule has 0 saturated carbocycles. The van der Waals surface area contributed by atoms with Gasteiger partial charge in [0.25, 0.3) is 0 Å². The van der Waals surface area contributed by atoms with E-state index in [0.717, 1.165) is 5.56 Å². The maximum atomic E-state index is 11.7. The van der Waals surface area contributed by atoms with Gasteiger partial charge >= 0.3 is 5.97 Å². The van der Waals surface area contributed by atoms with Crippen molar-refractivity contribution in [3.05, 3.63) is 30.1 Å². The Labute approximate surface area is 103 Å². The number of rotatable bonds is 3. The van der Waals surface area contributed by atoms with E-state index >= 15 is 0 Å². The van der Waals surface area contributed by atoms with E-state index in [4.69, 9.17) is 4.74 Å². The van der Waals surface area contributed by atoms with Crippen molar-refractivity contribution in [3.8, 4) is 0 Å². The second-order valence-electron chi connectivity index (χ2n) is 5.55. The summed E-state index contributed by atoms with van der Waals surface area (Å²) < 4.78 is 7.24. The summed E-state index contributed by atoms with van der Waals surface area (Å²) in [6, 6.07) is 3.93. The quantitative estimate of drug-likeness (QED) is 0.595. The van der Waals surface area contributed by atoms with Gasteiger partial charge in [-0.1, -0.05) is 20.8 Å². The number of ether oxygens (including phenoxy) is 1. The fraction of sp³-hybridized carbons (Fsp3) is 0.571. The molecule has 0 radical (unpaired) electrons. The molecule has 0 saturated heterocycles. The fourth-order valence-corrected chi connectivity index (χ4v) is 1.31. The molecule has 1 rings (SSSR count). The summed E-state index contributed by atoms with van der Waals surface area (Å²) in [4.78, 5) is 11.7. The molecule has 0 spiro atoms. The summed E-state index contributed by atoms with van der Waals surface area (Å²) in [5.41, 5.74) is 1.11. The van der Waals surface area contributed by atoms with Crippen LogP contribution in [0, 0.1) is 12.3 Å². The maximum absolute atomic E-state index is 11.7. The van der Waals surface area contributed by atoms with Gasteiger partial charge in [-0.15, -0.1) is 0 Å². The number of carbonyl (C=O) groups is 1. The third-order valence-electron chi connectivity index (χ3n) is 2.85. The van der Waals surface area contributed by atoms with E-state index in [1.165, 1.54) is 0 Å². The second-order valence-corrected chi connectivity index (χ2v) is 5.55. The Morgan fingerprint density at radius 1 is 1.47 bits per heavy atom. The van der Waals surface area contributed by atoms with Crippen molar-refractivity contribution < 1.29 is 14.1 Å². The van der Waals surface area contributed by atoms with Crippen LogP contribution in [0.4, 0.5) is 0 Å². The lowest BCUT2D eigenvalue weighted by atomic mass is 9.90. The molecule has 94 valence electrons. The molecular formula is C14H22NO2+. The first-order valence-electron chi connectivity index (χ1n) is 5.94. The SMILES string of the molecule is Cc1ccc[n+](CC(=O)O[C@H](C)C(C)(C)C)c1. The number of pyridine rings is 1. The van der Waals surface area contributed by atoms with Crippen molar-refractivity contribution in [2.75, 3.05) is 0 Å². The molecule has 0 aliphatic rings. The first-order valence-corrected chi connectivity index (χ1v) is 5.94. The molecule has 0 aliphatic carbocycles. The van der Waals surface area contributed by atoms with Gasteiger partial charge in [0.15, 0.2) is 12.4 Å². The molecule has 1 aromatic heterocycles. The highest BCUT2D eigenvalue weighted by Gasteiger charge is 2.24. The van der Waals surface area contributed by atoms with Crippen molar-refractivity contribution in [3.63, 3.8) is 0 Å². The summed E-state index contributed by atoms with van der Waals surface area (Å²) in [5.74, 6) is -0.192. The van der Waals surface area contributed by atoms with Crippen LogP contribution in [0.5, 0.6) is 0 Å². The zero-order chi connectivity index (χ0) is 13.1. The van der Waals surface area contributed by atoms with Crippen LogP contribution in [0.25, 0.3) is 0 Å². The molecule has 3 heteroatoms. The molecule has 0 bridgehead atoms. The predicted octanol–water partition coefficient (Wildman–Crippen LogP) is 2.26. The zero-order valence-corrected chi connectivity index (χ0v) is 11.4. The minimum atomic E-state index is -0.192. The normalized spacial score (nSPS) is 13.2. The summed E-state index contributed by atoms with van der Waals surface area (Å²) in [6.07, 6.45) is 3.72. The van der Waals surface area contributed by atoms with Crippen molar-refractivity contribution >= 4 is 5.97 Å². The van der Waals surface area contributed by atoms with E-state index in [2.05, 4.69) is 20.8 Å². The van der Waals surface area contributed by atoms with E-state index in [1.54, 1.807) is 0 Å². The first kappa shape index (κ1) is 13.7. The Morgan fingerprint density at radius 3 is 2.65 bits per heavy atom. The van der Waals surface area contributed by atoms with Crippen LogP contribution in [0.3, 0.4) is 0 Å². The predicted molar refractivity (Wildman–Crippen MR) is 66.4 cm³/mol. The number of carbonyl (C=O) groups excluding carboxylic acids is 1. The molecule has 1 heterocycles. The van der Waals surface area contributed by atoms with Gasteiger partial charge in [0.05, 0.1) is 0 Å². The molecule has 17 heavy (non-hydrogen) atoms. The minimum absolute atomic E-state index is 0.0209. The highest BCUT2D eigenvalue weighted by Crippen LogP contribution is 2.21. The van der Waals surface area contributed by atoms with Crippen molar-refractivity contribution in [2.24, 2.45) is 5.41 Å². The minimum Gasteiger partial charge on any atom is -0.457 e. The third kappa shape index (κ3) is 4.55. The van der Waals surface area contributed by atoms with Crippen LogP contribution in [-0.4, -0.2) is 12.1 Å². The standard InChI is InChI=1S/C14H22NO2/c1-11-7-6-8-15(9-11)10-13(16)17-12(2)14(3,4)5/h6-9,12H,10H2,1-5H3/q+1/t12-/m1/s1. The molecule has 0 unspecified atom stereocenters. The van der Waals surface area contributed by atoms with Gasteiger partial charge < -0.3 is 4.74 Å². The largest absolute Gasteiger partial charge is 0.457 e. The van der Waals surface area contributed by atoms with E-state index in [0.29, 0.717) is 0 Å². The van der Waals surface area contributed by atoms with E-state index < -0.39 is 0 Å². The average molecular weight is 236 g/mol. The Morgan fingerprint density at radius 2 is 2.12 bits per heavy atom. The Balaban J connectivity index is 2.56. The molecule has 0 aromatic carbocycles. The summed E-state index contributed by atoms with van der Waals surface area (Å²) in [6.45, 7) is 10.4. The zero-order valence-electron chi connectivity index (χ0n) is 11.4. The molecular weight excluding hydrogens is 214 g/mol.